The second-order valence-electron chi connectivity index (χ2n) is 6.79. The first-order valence-electron chi connectivity index (χ1n) is 7.07. The zero-order valence-electron chi connectivity index (χ0n) is 13.1. The molecule has 0 radical (unpaired) electrons. The van der Waals surface area contributed by atoms with Crippen molar-refractivity contribution in [1.82, 2.24) is 0 Å². The van der Waals surface area contributed by atoms with Crippen LogP contribution in [0.3, 0.4) is 0 Å². The summed E-state index contributed by atoms with van der Waals surface area (Å²) in [5.74, 6) is 2.07. The third-order valence-electron chi connectivity index (χ3n) is 3.12. The highest BCUT2D eigenvalue weighted by Crippen LogP contribution is 2.39. The van der Waals surface area contributed by atoms with Crippen LogP contribution in [0, 0.1) is 5.41 Å². The molecule has 1 aromatic carbocycles. The summed E-state index contributed by atoms with van der Waals surface area (Å²) >= 11 is 1.88. The van der Waals surface area contributed by atoms with E-state index in [9.17, 15) is 0 Å². The number of rotatable bonds is 3. The molecule has 2 rings (SSSR count). The lowest BCUT2D eigenvalue weighted by atomic mass is 9.91. The summed E-state index contributed by atoms with van der Waals surface area (Å²) in [6.07, 6.45) is 4.41. The Morgan fingerprint density at radius 1 is 1.10 bits per heavy atom. The van der Waals surface area contributed by atoms with Crippen LogP contribution in [0.2, 0.25) is 0 Å². The van der Waals surface area contributed by atoms with Gasteiger partial charge < -0.3 is 4.74 Å². The molecule has 1 nitrogen and oxygen atoms in total. The molecule has 0 unspecified atom stereocenters. The molecule has 2 heteroatoms. The molecule has 0 spiro atoms. The van der Waals surface area contributed by atoms with Crippen LogP contribution in [0.25, 0.3) is 0 Å². The van der Waals surface area contributed by atoms with Gasteiger partial charge in [0.25, 0.3) is 0 Å². The molecule has 0 saturated carbocycles. The molecule has 1 aliphatic heterocycles. The Labute approximate surface area is 127 Å². The Bertz CT molecular complexity index is 518. The number of ether oxygens (including phenoxy) is 1. The third-order valence-corrected chi connectivity index (χ3v) is 4.17. The molecule has 0 saturated heterocycles. The third kappa shape index (κ3) is 4.17. The number of thioether (sulfide) groups is 1. The molecule has 0 aromatic heterocycles. The Hall–Kier alpha value is -1.15. The van der Waals surface area contributed by atoms with Crippen LogP contribution in [0.5, 0.6) is 0 Å². The van der Waals surface area contributed by atoms with E-state index in [1.165, 1.54) is 10.5 Å². The maximum Gasteiger partial charge on any atom is 0.122 e. The van der Waals surface area contributed by atoms with Gasteiger partial charge >= 0.3 is 0 Å². The van der Waals surface area contributed by atoms with Gasteiger partial charge in [0, 0.05) is 16.1 Å². The zero-order valence-corrected chi connectivity index (χ0v) is 13.9. The summed E-state index contributed by atoms with van der Waals surface area (Å²) in [5.41, 5.74) is 1.17. The molecule has 1 aromatic rings. The van der Waals surface area contributed by atoms with E-state index in [2.05, 4.69) is 77.1 Å². The van der Waals surface area contributed by atoms with Crippen LogP contribution in [0.4, 0.5) is 0 Å². The predicted molar refractivity (Wildman–Crippen MR) is 88.5 cm³/mol. The van der Waals surface area contributed by atoms with Crippen molar-refractivity contribution in [3.05, 3.63) is 58.7 Å². The van der Waals surface area contributed by atoms with Gasteiger partial charge in [-0.2, -0.15) is 0 Å². The van der Waals surface area contributed by atoms with Gasteiger partial charge in [-0.05, 0) is 31.6 Å². The molecule has 0 bridgehead atoms. The minimum atomic E-state index is -0.226. The van der Waals surface area contributed by atoms with Crippen LogP contribution in [0.1, 0.15) is 40.2 Å². The van der Waals surface area contributed by atoms with Gasteiger partial charge in [-0.25, -0.2) is 0 Å². The topological polar surface area (TPSA) is 9.23 Å². The van der Waals surface area contributed by atoms with Crippen LogP contribution in [-0.2, 0) is 10.5 Å². The summed E-state index contributed by atoms with van der Waals surface area (Å²) in [7, 11) is 0. The standard InChI is InChI=1S/C18H24OS/c1-17(2,3)16-11-15(12-18(4,5)19-16)20-13-14-9-7-6-8-10-14/h6-12H,13H2,1-5H3. The lowest BCUT2D eigenvalue weighted by Crippen LogP contribution is -2.28. The normalized spacial score (nSPS) is 18.1. The summed E-state index contributed by atoms with van der Waals surface area (Å²) in [5, 5.41) is 0. The lowest BCUT2D eigenvalue weighted by Gasteiger charge is -2.35. The van der Waals surface area contributed by atoms with Crippen molar-refractivity contribution >= 4 is 11.8 Å². The monoisotopic (exact) mass is 288 g/mol. The maximum atomic E-state index is 6.09. The van der Waals surface area contributed by atoms with Gasteiger partial charge in [0.2, 0.25) is 0 Å². The quantitative estimate of drug-likeness (QED) is 0.722. The van der Waals surface area contributed by atoms with E-state index in [-0.39, 0.29) is 11.0 Å². The van der Waals surface area contributed by atoms with Crippen LogP contribution in [0.15, 0.2) is 53.1 Å². The van der Waals surface area contributed by atoms with E-state index in [4.69, 9.17) is 4.74 Å². The number of hydrogen-bond acceptors (Lipinski definition) is 2. The first-order chi connectivity index (χ1) is 9.26. The molecule has 0 fully saturated rings. The number of benzene rings is 1. The van der Waals surface area contributed by atoms with Crippen molar-refractivity contribution in [3.8, 4) is 0 Å². The second-order valence-corrected chi connectivity index (χ2v) is 7.83. The largest absolute Gasteiger partial charge is 0.487 e. The van der Waals surface area contributed by atoms with E-state index < -0.39 is 0 Å². The number of hydrogen-bond donors (Lipinski definition) is 0. The average Bonchev–Trinajstić information content (AvgIpc) is 2.35. The molecule has 20 heavy (non-hydrogen) atoms. The smallest absolute Gasteiger partial charge is 0.122 e. The van der Waals surface area contributed by atoms with Crippen LogP contribution in [-0.4, -0.2) is 5.60 Å². The highest BCUT2D eigenvalue weighted by Gasteiger charge is 2.29. The van der Waals surface area contributed by atoms with Gasteiger partial charge in [-0.15, -0.1) is 11.8 Å². The van der Waals surface area contributed by atoms with Crippen LogP contribution >= 0.6 is 11.8 Å². The van der Waals surface area contributed by atoms with Crippen LogP contribution < -0.4 is 0 Å². The molecular weight excluding hydrogens is 264 g/mol. The molecular formula is C18H24OS. The van der Waals surface area contributed by atoms with Crippen molar-refractivity contribution < 1.29 is 4.74 Å². The van der Waals surface area contributed by atoms with Gasteiger partial charge in [0.05, 0.1) is 0 Å². The first kappa shape index (κ1) is 15.2. The molecule has 1 aliphatic rings. The second kappa shape index (κ2) is 5.69. The van der Waals surface area contributed by atoms with E-state index in [1.807, 2.05) is 11.8 Å². The van der Waals surface area contributed by atoms with Crippen molar-refractivity contribution in [2.24, 2.45) is 5.41 Å². The van der Waals surface area contributed by atoms with Gasteiger partial charge in [0.1, 0.15) is 11.4 Å². The minimum absolute atomic E-state index is 0.0457. The van der Waals surface area contributed by atoms with E-state index in [0.717, 1.165) is 11.5 Å². The van der Waals surface area contributed by atoms with E-state index >= 15 is 0 Å². The highest BCUT2D eigenvalue weighted by molar-refractivity contribution is 8.02. The van der Waals surface area contributed by atoms with Crippen molar-refractivity contribution in [2.45, 2.75) is 46.0 Å². The fraction of sp³-hybridized carbons (Fsp3) is 0.444. The molecule has 0 amide bonds. The van der Waals surface area contributed by atoms with Gasteiger partial charge in [-0.3, -0.25) is 0 Å². The first-order valence-corrected chi connectivity index (χ1v) is 8.06. The maximum absolute atomic E-state index is 6.09. The lowest BCUT2D eigenvalue weighted by molar-refractivity contribution is 0.0398. The summed E-state index contributed by atoms with van der Waals surface area (Å²) < 4.78 is 6.09. The average molecular weight is 288 g/mol. The Morgan fingerprint density at radius 3 is 2.35 bits per heavy atom. The molecule has 108 valence electrons. The molecule has 0 atom stereocenters. The Balaban J connectivity index is 2.13. The molecule has 1 heterocycles. The highest BCUT2D eigenvalue weighted by atomic mass is 32.2. The van der Waals surface area contributed by atoms with E-state index in [1.54, 1.807) is 0 Å². The predicted octanol–water partition coefficient (Wildman–Crippen LogP) is 5.54. The SMILES string of the molecule is CC1(C)C=C(SCc2ccccc2)C=C(C(C)(C)C)O1. The zero-order chi connectivity index (χ0) is 14.8. The fourth-order valence-corrected chi connectivity index (χ4v) is 3.13. The minimum Gasteiger partial charge on any atom is -0.487 e. The van der Waals surface area contributed by atoms with Crippen molar-refractivity contribution in [3.63, 3.8) is 0 Å². The van der Waals surface area contributed by atoms with Gasteiger partial charge in [0.15, 0.2) is 0 Å². The Morgan fingerprint density at radius 2 is 1.75 bits per heavy atom. The fourth-order valence-electron chi connectivity index (χ4n) is 2.05. The molecule has 0 N–H and O–H groups in total. The number of allylic oxidation sites excluding steroid dienone is 2. The van der Waals surface area contributed by atoms with Gasteiger partial charge in [-0.1, -0.05) is 51.1 Å². The van der Waals surface area contributed by atoms with Crippen molar-refractivity contribution in [1.29, 1.82) is 0 Å². The molecule has 0 aliphatic carbocycles. The van der Waals surface area contributed by atoms with E-state index in [0.29, 0.717) is 0 Å². The summed E-state index contributed by atoms with van der Waals surface area (Å²) in [6.45, 7) is 10.8. The van der Waals surface area contributed by atoms with Crippen molar-refractivity contribution in [2.75, 3.05) is 0 Å². The summed E-state index contributed by atoms with van der Waals surface area (Å²) in [4.78, 5) is 1.30. The Kier molecular flexibility index (Phi) is 4.33. The summed E-state index contributed by atoms with van der Waals surface area (Å²) in [6, 6.07) is 10.6.